The number of halogens is 1. The molecule has 2 aliphatic heterocycles. The standard InChI is InChI=1S/C21H27FN4O5/c1-2-3-4-13(10-25(29)12-27)21(28)26-11-14(22)7-17(26)20-23-15-8-18-19(9-16(15)24-20)31-6-5-30-18/h8-9,12-14,17,29H,2-7,10-11H2,1H3,(H,23,24)/t13-,14+,17-/m0/s1. The number of nitrogens with one attached hydrogen (secondary N) is 1. The fraction of sp³-hybridized carbons (Fsp3) is 0.571. The summed E-state index contributed by atoms with van der Waals surface area (Å²) in [6, 6.07) is 3.02. The summed E-state index contributed by atoms with van der Waals surface area (Å²) >= 11 is 0. The molecule has 1 saturated heterocycles. The van der Waals surface area contributed by atoms with Crippen molar-refractivity contribution in [3.63, 3.8) is 0 Å². The summed E-state index contributed by atoms with van der Waals surface area (Å²) in [4.78, 5) is 33.4. The Morgan fingerprint density at radius 2 is 2.16 bits per heavy atom. The number of hydrogen-bond acceptors (Lipinski definition) is 6. The lowest BCUT2D eigenvalue weighted by atomic mass is 9.99. The zero-order chi connectivity index (χ0) is 22.0. The summed E-state index contributed by atoms with van der Waals surface area (Å²) < 4.78 is 25.6. The second-order valence-corrected chi connectivity index (χ2v) is 8.04. The molecule has 1 aromatic heterocycles. The van der Waals surface area contributed by atoms with Crippen LogP contribution in [0.15, 0.2) is 12.1 Å². The molecule has 2 amide bonds. The highest BCUT2D eigenvalue weighted by Gasteiger charge is 2.40. The van der Waals surface area contributed by atoms with E-state index in [1.165, 1.54) is 4.90 Å². The minimum atomic E-state index is -1.18. The molecule has 2 aromatic rings. The number of likely N-dealkylation sites (tertiary alicyclic amines) is 1. The molecule has 0 unspecified atom stereocenters. The first-order chi connectivity index (χ1) is 15.0. The summed E-state index contributed by atoms with van der Waals surface area (Å²) in [5, 5.41) is 10.1. The van der Waals surface area contributed by atoms with Crippen LogP contribution in [0.25, 0.3) is 11.0 Å². The van der Waals surface area contributed by atoms with Gasteiger partial charge in [0.15, 0.2) is 11.5 Å². The van der Waals surface area contributed by atoms with Gasteiger partial charge in [0.25, 0.3) is 0 Å². The number of carbonyl (C=O) groups is 2. The molecule has 0 saturated carbocycles. The monoisotopic (exact) mass is 434 g/mol. The van der Waals surface area contributed by atoms with Gasteiger partial charge in [0.2, 0.25) is 12.3 Å². The van der Waals surface area contributed by atoms with E-state index in [0.29, 0.717) is 47.5 Å². The zero-order valence-electron chi connectivity index (χ0n) is 17.4. The molecule has 2 N–H and O–H groups in total. The summed E-state index contributed by atoms with van der Waals surface area (Å²) in [5.41, 5.74) is 1.37. The normalized spacial score (nSPS) is 21.3. The van der Waals surface area contributed by atoms with Crippen molar-refractivity contribution in [3.8, 4) is 11.5 Å². The number of fused-ring (bicyclic) bond motifs is 2. The number of nitrogens with zero attached hydrogens (tertiary/aromatic N) is 3. The van der Waals surface area contributed by atoms with Gasteiger partial charge in [-0.15, -0.1) is 0 Å². The quantitative estimate of drug-likeness (QED) is 0.376. The number of imidazole rings is 1. The van der Waals surface area contributed by atoms with Crippen LogP contribution in [-0.2, 0) is 9.59 Å². The van der Waals surface area contributed by atoms with E-state index in [-0.39, 0.29) is 31.8 Å². The average Bonchev–Trinajstić information content (AvgIpc) is 3.36. The van der Waals surface area contributed by atoms with E-state index in [1.807, 2.05) is 6.92 Å². The number of hydroxylamine groups is 2. The van der Waals surface area contributed by atoms with Crippen molar-refractivity contribution in [1.82, 2.24) is 19.9 Å². The second-order valence-electron chi connectivity index (χ2n) is 8.04. The SMILES string of the molecule is CCCC[C@@H](CN(O)C=O)C(=O)N1C[C@H](F)C[C@H]1c1nc2cc3c(cc2[nH]1)OCCO3. The smallest absolute Gasteiger partial charge is 0.233 e. The van der Waals surface area contributed by atoms with Crippen LogP contribution in [0.2, 0.25) is 0 Å². The van der Waals surface area contributed by atoms with Gasteiger partial charge in [0, 0.05) is 18.6 Å². The number of aromatic amines is 1. The molecule has 3 heterocycles. The number of amides is 2. The largest absolute Gasteiger partial charge is 0.486 e. The summed E-state index contributed by atoms with van der Waals surface area (Å²) in [6.07, 6.45) is 1.36. The second kappa shape index (κ2) is 9.09. The van der Waals surface area contributed by atoms with Crippen molar-refractivity contribution in [2.45, 2.75) is 44.8 Å². The predicted octanol–water partition coefficient (Wildman–Crippen LogP) is 2.60. The van der Waals surface area contributed by atoms with Crippen LogP contribution in [0.5, 0.6) is 11.5 Å². The zero-order valence-corrected chi connectivity index (χ0v) is 17.4. The molecule has 0 spiro atoms. The third-order valence-electron chi connectivity index (χ3n) is 5.80. The van der Waals surface area contributed by atoms with Crippen molar-refractivity contribution >= 4 is 23.4 Å². The highest BCUT2D eigenvalue weighted by molar-refractivity contribution is 5.82. The first-order valence-electron chi connectivity index (χ1n) is 10.6. The van der Waals surface area contributed by atoms with E-state index in [2.05, 4.69) is 9.97 Å². The highest BCUT2D eigenvalue weighted by Crippen LogP contribution is 2.38. The van der Waals surface area contributed by atoms with Crippen LogP contribution in [0, 0.1) is 5.92 Å². The van der Waals surface area contributed by atoms with Crippen molar-refractivity contribution in [2.75, 3.05) is 26.3 Å². The molecule has 0 bridgehead atoms. The van der Waals surface area contributed by atoms with Crippen molar-refractivity contribution in [2.24, 2.45) is 5.92 Å². The lowest BCUT2D eigenvalue weighted by Crippen LogP contribution is -2.41. The number of rotatable bonds is 8. The number of aromatic nitrogens is 2. The Labute approximate surface area is 179 Å². The van der Waals surface area contributed by atoms with Crippen LogP contribution in [0.1, 0.15) is 44.5 Å². The fourth-order valence-corrected chi connectivity index (χ4v) is 4.26. The highest BCUT2D eigenvalue weighted by atomic mass is 19.1. The third-order valence-corrected chi connectivity index (χ3v) is 5.80. The maximum absolute atomic E-state index is 14.4. The molecular weight excluding hydrogens is 407 g/mol. The summed E-state index contributed by atoms with van der Waals surface area (Å²) in [7, 11) is 0. The van der Waals surface area contributed by atoms with Gasteiger partial charge >= 0.3 is 0 Å². The van der Waals surface area contributed by atoms with Crippen molar-refractivity contribution in [3.05, 3.63) is 18.0 Å². The van der Waals surface area contributed by atoms with Gasteiger partial charge in [0.1, 0.15) is 25.2 Å². The van der Waals surface area contributed by atoms with Crippen LogP contribution in [0.3, 0.4) is 0 Å². The lowest BCUT2D eigenvalue weighted by Gasteiger charge is -2.28. The fourth-order valence-electron chi connectivity index (χ4n) is 4.26. The van der Waals surface area contributed by atoms with Crippen LogP contribution >= 0.6 is 0 Å². The molecule has 168 valence electrons. The Kier molecular flexibility index (Phi) is 6.26. The third kappa shape index (κ3) is 4.43. The van der Waals surface area contributed by atoms with Gasteiger partial charge in [-0.25, -0.2) is 14.4 Å². The van der Waals surface area contributed by atoms with E-state index in [4.69, 9.17) is 9.47 Å². The molecule has 1 aromatic carbocycles. The van der Waals surface area contributed by atoms with E-state index in [1.54, 1.807) is 12.1 Å². The van der Waals surface area contributed by atoms with Crippen molar-refractivity contribution < 1.29 is 28.7 Å². The number of benzene rings is 1. The van der Waals surface area contributed by atoms with Gasteiger partial charge in [-0.1, -0.05) is 19.8 Å². The number of unbranched alkanes of at least 4 members (excludes halogenated alkanes) is 1. The molecule has 10 heteroatoms. The topological polar surface area (TPSA) is 108 Å². The number of carbonyl (C=O) groups excluding carboxylic acids is 2. The maximum Gasteiger partial charge on any atom is 0.233 e. The van der Waals surface area contributed by atoms with Crippen LogP contribution < -0.4 is 9.47 Å². The van der Waals surface area contributed by atoms with Crippen LogP contribution in [-0.4, -0.2) is 69.9 Å². The lowest BCUT2D eigenvalue weighted by molar-refractivity contribution is -0.157. The molecule has 0 radical (unpaired) electrons. The molecule has 1 fully saturated rings. The van der Waals surface area contributed by atoms with Crippen LogP contribution in [0.4, 0.5) is 4.39 Å². The van der Waals surface area contributed by atoms with Gasteiger partial charge in [0.05, 0.1) is 36.1 Å². The number of alkyl halides is 1. The first kappa shape index (κ1) is 21.4. The number of ether oxygens (including phenoxy) is 2. The van der Waals surface area contributed by atoms with E-state index >= 15 is 0 Å². The van der Waals surface area contributed by atoms with Gasteiger partial charge in [-0.05, 0) is 6.42 Å². The minimum absolute atomic E-state index is 0.0432. The Hall–Kier alpha value is -2.88. The van der Waals surface area contributed by atoms with E-state index in [9.17, 15) is 19.2 Å². The van der Waals surface area contributed by atoms with E-state index in [0.717, 1.165) is 18.4 Å². The maximum atomic E-state index is 14.4. The number of hydrogen-bond donors (Lipinski definition) is 2. The summed E-state index contributed by atoms with van der Waals surface area (Å²) in [5.74, 6) is 0.827. The molecule has 3 atom stereocenters. The molecule has 31 heavy (non-hydrogen) atoms. The molecule has 0 aliphatic carbocycles. The average molecular weight is 434 g/mol. The van der Waals surface area contributed by atoms with Gasteiger partial charge in [-0.2, -0.15) is 0 Å². The predicted molar refractivity (Wildman–Crippen MR) is 109 cm³/mol. The summed E-state index contributed by atoms with van der Waals surface area (Å²) in [6.45, 7) is 2.76. The molecule has 9 nitrogen and oxygen atoms in total. The molecule has 2 aliphatic rings. The Morgan fingerprint density at radius 1 is 1.42 bits per heavy atom. The van der Waals surface area contributed by atoms with E-state index < -0.39 is 18.1 Å². The Balaban J connectivity index is 1.60. The van der Waals surface area contributed by atoms with Gasteiger partial charge in [-0.3, -0.25) is 14.8 Å². The Bertz CT molecular complexity index is 908. The first-order valence-corrected chi connectivity index (χ1v) is 10.6. The molecular formula is C21H27FN4O5. The molecule has 4 rings (SSSR count). The van der Waals surface area contributed by atoms with Gasteiger partial charge < -0.3 is 19.4 Å². The minimum Gasteiger partial charge on any atom is -0.486 e. The Morgan fingerprint density at radius 3 is 2.87 bits per heavy atom. The number of H-pyrrole nitrogens is 1. The van der Waals surface area contributed by atoms with Crippen molar-refractivity contribution in [1.29, 1.82) is 0 Å².